The van der Waals surface area contributed by atoms with E-state index >= 15 is 0 Å². The molecule has 2 unspecified atom stereocenters. The van der Waals surface area contributed by atoms with Crippen LogP contribution in [-0.4, -0.2) is 16.0 Å². The molecule has 2 N–H and O–H groups in total. The maximum absolute atomic E-state index is 5.99. The number of nitrogens with two attached hydrogens (primary N) is 1. The molecular weight excluding hydrogens is 162 g/mol. The van der Waals surface area contributed by atoms with E-state index < -0.39 is 0 Å². The van der Waals surface area contributed by atoms with E-state index in [9.17, 15) is 0 Å². The van der Waals surface area contributed by atoms with Crippen LogP contribution in [0.5, 0.6) is 0 Å². The van der Waals surface area contributed by atoms with Gasteiger partial charge in [-0.25, -0.2) is 9.97 Å². The topological polar surface area (TPSA) is 51.8 Å². The Morgan fingerprint density at radius 1 is 1.46 bits per heavy atom. The number of rotatable bonds is 1. The van der Waals surface area contributed by atoms with E-state index in [0.29, 0.717) is 5.92 Å². The molecule has 1 heterocycles. The fraction of sp³-hybridized carbons (Fsp3) is 0.600. The van der Waals surface area contributed by atoms with Crippen LogP contribution < -0.4 is 5.73 Å². The minimum absolute atomic E-state index is 0.218. The highest BCUT2D eigenvalue weighted by Gasteiger charge is 2.56. The second-order valence-corrected chi connectivity index (χ2v) is 4.39. The van der Waals surface area contributed by atoms with E-state index in [1.165, 1.54) is 5.56 Å². The first-order valence-corrected chi connectivity index (χ1v) is 4.57. The Morgan fingerprint density at radius 2 is 2.08 bits per heavy atom. The van der Waals surface area contributed by atoms with Gasteiger partial charge < -0.3 is 5.73 Å². The van der Waals surface area contributed by atoms with Gasteiger partial charge in [0.05, 0.1) is 0 Å². The van der Waals surface area contributed by atoms with Crippen molar-refractivity contribution in [3.63, 3.8) is 0 Å². The van der Waals surface area contributed by atoms with Crippen LogP contribution in [0.2, 0.25) is 0 Å². The van der Waals surface area contributed by atoms with Crippen molar-refractivity contribution in [1.29, 1.82) is 0 Å². The molecule has 1 saturated carbocycles. The van der Waals surface area contributed by atoms with E-state index in [4.69, 9.17) is 5.73 Å². The first-order chi connectivity index (χ1) is 6.05. The molecule has 3 nitrogen and oxygen atoms in total. The van der Waals surface area contributed by atoms with E-state index in [-0.39, 0.29) is 11.5 Å². The Balaban J connectivity index is 2.34. The summed E-state index contributed by atoms with van der Waals surface area (Å²) in [6.45, 7) is 6.39. The van der Waals surface area contributed by atoms with Crippen molar-refractivity contribution in [3.8, 4) is 0 Å². The normalized spacial score (nSPS) is 30.2. The van der Waals surface area contributed by atoms with E-state index in [2.05, 4.69) is 23.8 Å². The molecule has 1 aromatic heterocycles. The zero-order valence-corrected chi connectivity index (χ0v) is 8.28. The summed E-state index contributed by atoms with van der Waals surface area (Å²) in [6.07, 6.45) is 3.47. The van der Waals surface area contributed by atoms with Gasteiger partial charge in [-0.2, -0.15) is 0 Å². The molecule has 0 saturated heterocycles. The van der Waals surface area contributed by atoms with Gasteiger partial charge in [0, 0.05) is 23.9 Å². The second-order valence-electron chi connectivity index (χ2n) is 4.39. The number of aromatic nitrogens is 2. The average molecular weight is 177 g/mol. The molecular formula is C10H15N3. The lowest BCUT2D eigenvalue weighted by molar-refractivity contribution is 0.597. The summed E-state index contributed by atoms with van der Waals surface area (Å²) in [6, 6.07) is 0.261. The molecule has 13 heavy (non-hydrogen) atoms. The van der Waals surface area contributed by atoms with Gasteiger partial charge in [-0.3, -0.25) is 0 Å². The molecule has 0 bridgehead atoms. The van der Waals surface area contributed by atoms with Crippen LogP contribution in [-0.2, 0) is 0 Å². The summed E-state index contributed by atoms with van der Waals surface area (Å²) in [7, 11) is 0. The van der Waals surface area contributed by atoms with Gasteiger partial charge in [0.15, 0.2) is 0 Å². The van der Waals surface area contributed by atoms with E-state index in [1.54, 1.807) is 6.33 Å². The number of hydrogen-bond donors (Lipinski definition) is 1. The standard InChI is InChI=1S/C10H15N3/c1-6-7(4-12-5-13-6)8-9(11)10(8,2)3/h4-5,8-9H,11H2,1-3H3. The highest BCUT2D eigenvalue weighted by Crippen LogP contribution is 2.57. The Labute approximate surface area is 78.4 Å². The molecule has 0 radical (unpaired) electrons. The molecule has 70 valence electrons. The zero-order chi connectivity index (χ0) is 9.64. The van der Waals surface area contributed by atoms with Crippen LogP contribution in [0.3, 0.4) is 0 Å². The molecule has 2 rings (SSSR count). The van der Waals surface area contributed by atoms with Crippen molar-refractivity contribution in [2.24, 2.45) is 11.1 Å². The second kappa shape index (κ2) is 2.51. The summed E-state index contributed by atoms with van der Waals surface area (Å²) in [5, 5.41) is 0. The maximum Gasteiger partial charge on any atom is 0.115 e. The Bertz CT molecular complexity index is 333. The predicted molar refractivity (Wildman–Crippen MR) is 51.3 cm³/mol. The highest BCUT2D eigenvalue weighted by atomic mass is 14.9. The fourth-order valence-corrected chi connectivity index (χ4v) is 1.98. The predicted octanol–water partition coefficient (Wildman–Crippen LogP) is 1.24. The average Bonchev–Trinajstić information content (AvgIpc) is 2.54. The van der Waals surface area contributed by atoms with Gasteiger partial charge in [0.25, 0.3) is 0 Å². The van der Waals surface area contributed by atoms with Crippen LogP contribution in [0.1, 0.15) is 31.0 Å². The van der Waals surface area contributed by atoms with Gasteiger partial charge in [0.2, 0.25) is 0 Å². The van der Waals surface area contributed by atoms with Crippen LogP contribution in [0.15, 0.2) is 12.5 Å². The molecule has 1 aliphatic carbocycles. The van der Waals surface area contributed by atoms with Gasteiger partial charge in [-0.15, -0.1) is 0 Å². The molecule has 3 heteroatoms. The van der Waals surface area contributed by atoms with Gasteiger partial charge in [-0.05, 0) is 17.9 Å². The van der Waals surface area contributed by atoms with Crippen molar-refractivity contribution < 1.29 is 0 Å². The SMILES string of the molecule is Cc1ncncc1C1C(N)C1(C)C. The number of nitrogens with zero attached hydrogens (tertiary/aromatic N) is 2. The van der Waals surface area contributed by atoms with Crippen molar-refractivity contribution in [3.05, 3.63) is 23.8 Å². The Kier molecular flexibility index (Phi) is 1.67. The van der Waals surface area contributed by atoms with Crippen LogP contribution >= 0.6 is 0 Å². The lowest BCUT2D eigenvalue weighted by Crippen LogP contribution is -2.06. The third kappa shape index (κ3) is 1.15. The van der Waals surface area contributed by atoms with Crippen molar-refractivity contribution in [1.82, 2.24) is 9.97 Å². The quantitative estimate of drug-likeness (QED) is 0.702. The first kappa shape index (κ1) is 8.63. The maximum atomic E-state index is 5.99. The molecule has 0 aromatic carbocycles. The largest absolute Gasteiger partial charge is 0.327 e. The Morgan fingerprint density at radius 3 is 2.54 bits per heavy atom. The highest BCUT2D eigenvalue weighted by molar-refractivity contribution is 5.34. The third-order valence-corrected chi connectivity index (χ3v) is 3.20. The number of hydrogen-bond acceptors (Lipinski definition) is 3. The molecule has 0 amide bonds. The molecule has 0 spiro atoms. The Hall–Kier alpha value is -0.960. The molecule has 1 fully saturated rings. The van der Waals surface area contributed by atoms with Crippen LogP contribution in [0, 0.1) is 12.3 Å². The summed E-state index contributed by atoms with van der Waals surface area (Å²) >= 11 is 0. The van der Waals surface area contributed by atoms with Gasteiger partial charge in [-0.1, -0.05) is 13.8 Å². The van der Waals surface area contributed by atoms with Crippen LogP contribution in [0.25, 0.3) is 0 Å². The van der Waals surface area contributed by atoms with Crippen molar-refractivity contribution >= 4 is 0 Å². The zero-order valence-electron chi connectivity index (χ0n) is 8.28. The van der Waals surface area contributed by atoms with Crippen LogP contribution in [0.4, 0.5) is 0 Å². The molecule has 2 atom stereocenters. The summed E-state index contributed by atoms with van der Waals surface area (Å²) in [5.41, 5.74) is 8.47. The lowest BCUT2D eigenvalue weighted by Gasteiger charge is -2.04. The summed E-state index contributed by atoms with van der Waals surface area (Å²) < 4.78 is 0. The van der Waals surface area contributed by atoms with Gasteiger partial charge >= 0.3 is 0 Å². The molecule has 1 aromatic rings. The monoisotopic (exact) mass is 177 g/mol. The first-order valence-electron chi connectivity index (χ1n) is 4.57. The van der Waals surface area contributed by atoms with Gasteiger partial charge in [0.1, 0.15) is 6.33 Å². The third-order valence-electron chi connectivity index (χ3n) is 3.20. The number of aryl methyl sites for hydroxylation is 1. The minimum atomic E-state index is 0.218. The summed E-state index contributed by atoms with van der Waals surface area (Å²) in [4.78, 5) is 8.21. The fourth-order valence-electron chi connectivity index (χ4n) is 1.98. The van der Waals surface area contributed by atoms with E-state index in [1.807, 2.05) is 13.1 Å². The molecule has 1 aliphatic rings. The molecule has 0 aliphatic heterocycles. The van der Waals surface area contributed by atoms with E-state index in [0.717, 1.165) is 5.69 Å². The summed E-state index contributed by atoms with van der Waals surface area (Å²) in [5.74, 6) is 0.439. The van der Waals surface area contributed by atoms with Crippen molar-refractivity contribution in [2.45, 2.75) is 32.7 Å². The van der Waals surface area contributed by atoms with Crippen molar-refractivity contribution in [2.75, 3.05) is 0 Å². The lowest BCUT2D eigenvalue weighted by atomic mass is 10.0. The smallest absolute Gasteiger partial charge is 0.115 e. The minimum Gasteiger partial charge on any atom is -0.327 e.